The maximum atomic E-state index is 12.4. The number of hydrogen-bond donors (Lipinski definition) is 1. The Morgan fingerprint density at radius 1 is 1.30 bits per heavy atom. The van der Waals surface area contributed by atoms with E-state index in [-0.39, 0.29) is 11.5 Å². The molecule has 3 rings (SSSR count). The van der Waals surface area contributed by atoms with Gasteiger partial charge in [0.05, 0.1) is 12.7 Å². The number of carbonyl (C=O) groups is 1. The van der Waals surface area contributed by atoms with Crippen molar-refractivity contribution in [1.29, 1.82) is 0 Å². The SMILES string of the molecule is CCCCC1OCC2(COC(=O)NC3CCCCC3)C(C)C=C(C)C1C2C. The smallest absolute Gasteiger partial charge is 0.407 e. The van der Waals surface area contributed by atoms with E-state index in [1.165, 1.54) is 37.7 Å². The molecule has 5 atom stereocenters. The quantitative estimate of drug-likeness (QED) is 0.624. The topological polar surface area (TPSA) is 47.6 Å². The van der Waals surface area contributed by atoms with Gasteiger partial charge in [-0.3, -0.25) is 0 Å². The molecule has 0 radical (unpaired) electrons. The zero-order chi connectivity index (χ0) is 19.4. The highest BCUT2D eigenvalue weighted by molar-refractivity contribution is 5.67. The van der Waals surface area contributed by atoms with Crippen LogP contribution in [0.25, 0.3) is 0 Å². The van der Waals surface area contributed by atoms with Crippen LogP contribution in [-0.4, -0.2) is 31.5 Å². The molecule has 2 aliphatic carbocycles. The van der Waals surface area contributed by atoms with E-state index in [0.29, 0.717) is 43.1 Å². The molecule has 2 fully saturated rings. The van der Waals surface area contributed by atoms with Crippen LogP contribution < -0.4 is 5.32 Å². The van der Waals surface area contributed by atoms with Gasteiger partial charge in [-0.25, -0.2) is 4.79 Å². The van der Waals surface area contributed by atoms with E-state index in [0.717, 1.165) is 19.3 Å². The molecule has 1 saturated heterocycles. The molecule has 4 nitrogen and oxygen atoms in total. The number of hydrogen-bond acceptors (Lipinski definition) is 3. The average molecular weight is 378 g/mol. The summed E-state index contributed by atoms with van der Waals surface area (Å²) in [5.41, 5.74) is 1.36. The zero-order valence-electron chi connectivity index (χ0n) is 17.8. The largest absolute Gasteiger partial charge is 0.449 e. The lowest BCUT2D eigenvalue weighted by Crippen LogP contribution is -2.57. The summed E-state index contributed by atoms with van der Waals surface area (Å²) in [7, 11) is 0. The lowest BCUT2D eigenvalue weighted by molar-refractivity contribution is -0.165. The Morgan fingerprint density at radius 2 is 2.04 bits per heavy atom. The number of alkyl carbamates (subject to hydrolysis) is 1. The van der Waals surface area contributed by atoms with Crippen molar-refractivity contribution >= 4 is 6.09 Å². The van der Waals surface area contributed by atoms with Gasteiger partial charge in [0, 0.05) is 17.4 Å². The monoisotopic (exact) mass is 377 g/mol. The summed E-state index contributed by atoms with van der Waals surface area (Å²) in [5.74, 6) is 1.28. The minimum Gasteiger partial charge on any atom is -0.449 e. The third kappa shape index (κ3) is 4.36. The van der Waals surface area contributed by atoms with E-state index in [1.807, 2.05) is 0 Å². The van der Waals surface area contributed by atoms with Gasteiger partial charge >= 0.3 is 6.09 Å². The maximum Gasteiger partial charge on any atom is 0.407 e. The van der Waals surface area contributed by atoms with Gasteiger partial charge in [0.2, 0.25) is 0 Å². The molecule has 1 aliphatic heterocycles. The number of allylic oxidation sites excluding steroid dienone is 1. The van der Waals surface area contributed by atoms with Crippen LogP contribution in [-0.2, 0) is 9.47 Å². The summed E-state index contributed by atoms with van der Waals surface area (Å²) in [6.07, 6.45) is 11.9. The van der Waals surface area contributed by atoms with Crippen molar-refractivity contribution < 1.29 is 14.3 Å². The Labute approximate surface area is 165 Å². The van der Waals surface area contributed by atoms with Gasteiger partial charge < -0.3 is 14.8 Å². The van der Waals surface area contributed by atoms with Gasteiger partial charge in [0.1, 0.15) is 6.61 Å². The molecule has 1 N–H and O–H groups in total. The van der Waals surface area contributed by atoms with Gasteiger partial charge in [0.15, 0.2) is 0 Å². The zero-order valence-corrected chi connectivity index (χ0v) is 17.8. The molecule has 3 aliphatic rings. The van der Waals surface area contributed by atoms with E-state index in [2.05, 4.69) is 39.1 Å². The predicted molar refractivity (Wildman–Crippen MR) is 109 cm³/mol. The fraction of sp³-hybridized carbons (Fsp3) is 0.870. The summed E-state index contributed by atoms with van der Waals surface area (Å²) >= 11 is 0. The second kappa shape index (κ2) is 8.98. The molecule has 4 heteroatoms. The highest BCUT2D eigenvalue weighted by atomic mass is 16.6. The first-order valence-corrected chi connectivity index (χ1v) is 11.2. The highest BCUT2D eigenvalue weighted by Gasteiger charge is 2.53. The number of nitrogens with one attached hydrogen (secondary N) is 1. The van der Waals surface area contributed by atoms with Crippen LogP contribution >= 0.6 is 0 Å². The first-order chi connectivity index (χ1) is 13.0. The van der Waals surface area contributed by atoms with E-state index in [4.69, 9.17) is 9.47 Å². The summed E-state index contributed by atoms with van der Waals surface area (Å²) in [4.78, 5) is 12.4. The number of carbonyl (C=O) groups excluding carboxylic acids is 1. The number of unbranched alkanes of at least 4 members (excludes halogenated alkanes) is 1. The first kappa shape index (κ1) is 20.7. The van der Waals surface area contributed by atoms with E-state index in [9.17, 15) is 4.79 Å². The van der Waals surface area contributed by atoms with E-state index in [1.54, 1.807) is 0 Å². The molecule has 0 aromatic heterocycles. The van der Waals surface area contributed by atoms with Crippen molar-refractivity contribution in [3.63, 3.8) is 0 Å². The third-order valence-corrected chi connectivity index (χ3v) is 7.60. The predicted octanol–water partition coefficient (Wildman–Crippen LogP) is 5.47. The standard InChI is InChI=1S/C23H39NO3/c1-5-6-12-20-21-16(2)13-17(3)23(14-26-20,18(21)4)15-27-22(25)24-19-10-8-7-9-11-19/h13,17-21H,5-12,14-15H2,1-4H3,(H,24,25). The Kier molecular flexibility index (Phi) is 6.88. The van der Waals surface area contributed by atoms with Crippen molar-refractivity contribution in [3.8, 4) is 0 Å². The first-order valence-electron chi connectivity index (χ1n) is 11.2. The van der Waals surface area contributed by atoms with Crippen molar-refractivity contribution in [2.45, 2.75) is 91.2 Å². The number of amides is 1. The Bertz CT molecular complexity index is 540. The molecule has 2 bridgehead atoms. The molecule has 0 aromatic rings. The minimum absolute atomic E-state index is 0.100. The Morgan fingerprint density at radius 3 is 2.74 bits per heavy atom. The fourth-order valence-electron chi connectivity index (χ4n) is 5.71. The molecule has 27 heavy (non-hydrogen) atoms. The summed E-state index contributed by atoms with van der Waals surface area (Å²) < 4.78 is 12.2. The normalized spacial score (nSPS) is 36.8. The van der Waals surface area contributed by atoms with Crippen LogP contribution in [0.4, 0.5) is 4.79 Å². The Hall–Kier alpha value is -1.03. The lowest BCUT2D eigenvalue weighted by Gasteiger charge is -2.55. The number of ether oxygens (including phenoxy) is 2. The van der Waals surface area contributed by atoms with E-state index >= 15 is 0 Å². The molecule has 154 valence electrons. The van der Waals surface area contributed by atoms with Crippen molar-refractivity contribution in [1.82, 2.24) is 5.32 Å². The van der Waals surface area contributed by atoms with Gasteiger partial charge in [0.25, 0.3) is 0 Å². The summed E-state index contributed by atoms with van der Waals surface area (Å²) in [6.45, 7) is 10.2. The molecular formula is C23H39NO3. The van der Waals surface area contributed by atoms with Crippen molar-refractivity contribution in [2.24, 2.45) is 23.2 Å². The van der Waals surface area contributed by atoms with Crippen molar-refractivity contribution in [3.05, 3.63) is 11.6 Å². The Balaban J connectivity index is 1.64. The maximum absolute atomic E-state index is 12.4. The molecule has 1 heterocycles. The molecule has 1 amide bonds. The molecule has 0 spiro atoms. The number of rotatable bonds is 6. The molecule has 1 saturated carbocycles. The highest BCUT2D eigenvalue weighted by Crippen LogP contribution is 2.53. The van der Waals surface area contributed by atoms with Crippen LogP contribution in [0.15, 0.2) is 11.6 Å². The van der Waals surface area contributed by atoms with Gasteiger partial charge in [-0.2, -0.15) is 0 Å². The summed E-state index contributed by atoms with van der Waals surface area (Å²) in [6, 6.07) is 0.292. The average Bonchev–Trinajstić information content (AvgIpc) is 2.65. The van der Waals surface area contributed by atoms with Crippen LogP contribution in [0.3, 0.4) is 0 Å². The minimum atomic E-state index is -0.244. The van der Waals surface area contributed by atoms with Gasteiger partial charge in [-0.1, -0.05) is 64.5 Å². The lowest BCUT2D eigenvalue weighted by atomic mass is 9.56. The molecular weight excluding hydrogens is 338 g/mol. The second-order valence-corrected chi connectivity index (χ2v) is 9.29. The van der Waals surface area contributed by atoms with Crippen LogP contribution in [0.2, 0.25) is 0 Å². The molecule has 5 unspecified atom stereocenters. The van der Waals surface area contributed by atoms with Crippen LogP contribution in [0.1, 0.15) is 79.1 Å². The fourth-order valence-corrected chi connectivity index (χ4v) is 5.71. The van der Waals surface area contributed by atoms with Gasteiger partial charge in [-0.05, 0) is 38.0 Å². The third-order valence-electron chi connectivity index (χ3n) is 7.60. The van der Waals surface area contributed by atoms with Crippen LogP contribution in [0, 0.1) is 23.2 Å². The molecule has 0 aromatic carbocycles. The summed E-state index contributed by atoms with van der Waals surface area (Å²) in [5, 5.41) is 3.09. The van der Waals surface area contributed by atoms with E-state index < -0.39 is 0 Å². The second-order valence-electron chi connectivity index (χ2n) is 9.29. The van der Waals surface area contributed by atoms with Crippen molar-refractivity contribution in [2.75, 3.05) is 13.2 Å². The van der Waals surface area contributed by atoms with Gasteiger partial charge in [-0.15, -0.1) is 0 Å². The van der Waals surface area contributed by atoms with Crippen LogP contribution in [0.5, 0.6) is 0 Å². The number of fused-ring (bicyclic) bond motifs is 2.